The molecule has 0 atom stereocenters. The molecule has 1 aromatic rings. The third kappa shape index (κ3) is 4.00. The van der Waals surface area contributed by atoms with E-state index >= 15 is 0 Å². The maximum atomic E-state index is 10.8. The molecule has 0 bridgehead atoms. The van der Waals surface area contributed by atoms with E-state index in [0.29, 0.717) is 11.3 Å². The van der Waals surface area contributed by atoms with Gasteiger partial charge in [-0.1, -0.05) is 6.58 Å². The summed E-state index contributed by atoms with van der Waals surface area (Å²) in [7, 11) is 0. The maximum Gasteiger partial charge on any atom is 0.330 e. The third-order valence-corrected chi connectivity index (χ3v) is 1.67. The van der Waals surface area contributed by atoms with Gasteiger partial charge in [-0.15, -0.1) is 0 Å². The predicted octanol–water partition coefficient (Wildman–Crippen LogP) is 1.57. The molecule has 5 heteroatoms. The van der Waals surface area contributed by atoms with Crippen LogP contribution in [0.25, 0.3) is 0 Å². The van der Waals surface area contributed by atoms with Gasteiger partial charge in [-0.2, -0.15) is 0 Å². The van der Waals surface area contributed by atoms with Crippen LogP contribution in [0.5, 0.6) is 0 Å². The molecule has 0 aliphatic heterocycles. The van der Waals surface area contributed by atoms with Gasteiger partial charge < -0.3 is 13.9 Å². The molecule has 86 valence electrons. The normalized spacial score (nSPS) is 9.56. The summed E-state index contributed by atoms with van der Waals surface area (Å²) in [5, 5.41) is 0. The van der Waals surface area contributed by atoms with Gasteiger partial charge in [0.25, 0.3) is 0 Å². The SMILES string of the molecule is C=CC(=O)OCc1cc(COC(C)=O)co1. The van der Waals surface area contributed by atoms with Gasteiger partial charge >= 0.3 is 11.9 Å². The zero-order chi connectivity index (χ0) is 12.0. The molecule has 0 spiro atoms. The molecule has 0 N–H and O–H groups in total. The summed E-state index contributed by atoms with van der Waals surface area (Å²) in [6.45, 7) is 4.77. The topological polar surface area (TPSA) is 65.7 Å². The van der Waals surface area contributed by atoms with Gasteiger partial charge in [-0.25, -0.2) is 4.79 Å². The van der Waals surface area contributed by atoms with Crippen LogP contribution < -0.4 is 0 Å². The minimum atomic E-state index is -0.516. The van der Waals surface area contributed by atoms with Crippen LogP contribution in [-0.4, -0.2) is 11.9 Å². The summed E-state index contributed by atoms with van der Waals surface area (Å²) in [6, 6.07) is 1.65. The molecule has 0 fully saturated rings. The second kappa shape index (κ2) is 5.75. The van der Waals surface area contributed by atoms with Gasteiger partial charge in [0.05, 0.1) is 6.26 Å². The van der Waals surface area contributed by atoms with E-state index in [4.69, 9.17) is 13.9 Å². The van der Waals surface area contributed by atoms with Gasteiger partial charge in [0.1, 0.15) is 19.0 Å². The highest BCUT2D eigenvalue weighted by atomic mass is 16.5. The van der Waals surface area contributed by atoms with Crippen LogP contribution in [0.3, 0.4) is 0 Å². The number of carbonyl (C=O) groups excluding carboxylic acids is 2. The first-order chi connectivity index (χ1) is 7.61. The fraction of sp³-hybridized carbons (Fsp3) is 0.273. The van der Waals surface area contributed by atoms with E-state index in [2.05, 4.69) is 6.58 Å². The molecule has 0 aliphatic rings. The molecule has 16 heavy (non-hydrogen) atoms. The Balaban J connectivity index is 2.42. The summed E-state index contributed by atoms with van der Waals surface area (Å²) in [4.78, 5) is 21.3. The highest BCUT2D eigenvalue weighted by Crippen LogP contribution is 2.10. The van der Waals surface area contributed by atoms with Crippen molar-refractivity contribution in [1.29, 1.82) is 0 Å². The maximum absolute atomic E-state index is 10.8. The van der Waals surface area contributed by atoms with E-state index in [9.17, 15) is 9.59 Å². The van der Waals surface area contributed by atoms with E-state index in [1.165, 1.54) is 13.2 Å². The lowest BCUT2D eigenvalue weighted by atomic mass is 10.3. The number of hydrogen-bond donors (Lipinski definition) is 0. The van der Waals surface area contributed by atoms with E-state index in [-0.39, 0.29) is 19.2 Å². The van der Waals surface area contributed by atoms with Gasteiger partial charge in [-0.05, 0) is 6.07 Å². The summed E-state index contributed by atoms with van der Waals surface area (Å²) < 4.78 is 14.6. The van der Waals surface area contributed by atoms with Gasteiger partial charge in [0.15, 0.2) is 0 Å². The van der Waals surface area contributed by atoms with Crippen LogP contribution in [-0.2, 0) is 32.3 Å². The number of carbonyl (C=O) groups is 2. The lowest BCUT2D eigenvalue weighted by Gasteiger charge is -1.97. The average Bonchev–Trinajstić information content (AvgIpc) is 2.71. The molecule has 0 saturated heterocycles. The second-order valence-corrected chi connectivity index (χ2v) is 3.01. The number of hydrogen-bond acceptors (Lipinski definition) is 5. The van der Waals surface area contributed by atoms with Crippen molar-refractivity contribution in [2.45, 2.75) is 20.1 Å². The van der Waals surface area contributed by atoms with E-state index < -0.39 is 5.97 Å². The minimum Gasteiger partial charge on any atom is -0.465 e. The van der Waals surface area contributed by atoms with Crippen LogP contribution in [0.1, 0.15) is 18.2 Å². The zero-order valence-corrected chi connectivity index (χ0v) is 8.89. The first kappa shape index (κ1) is 12.0. The molecule has 0 unspecified atom stereocenters. The smallest absolute Gasteiger partial charge is 0.330 e. The largest absolute Gasteiger partial charge is 0.465 e. The fourth-order valence-corrected chi connectivity index (χ4v) is 0.964. The number of rotatable bonds is 5. The average molecular weight is 224 g/mol. The van der Waals surface area contributed by atoms with Gasteiger partial charge in [-0.3, -0.25) is 4.79 Å². The predicted molar refractivity (Wildman–Crippen MR) is 54.2 cm³/mol. The van der Waals surface area contributed by atoms with Crippen molar-refractivity contribution >= 4 is 11.9 Å². The van der Waals surface area contributed by atoms with Crippen molar-refractivity contribution in [1.82, 2.24) is 0 Å². The Labute approximate surface area is 92.6 Å². The van der Waals surface area contributed by atoms with Crippen molar-refractivity contribution < 1.29 is 23.5 Å². The lowest BCUT2D eigenvalue weighted by molar-refractivity contribution is -0.142. The van der Waals surface area contributed by atoms with Crippen molar-refractivity contribution in [2.24, 2.45) is 0 Å². The highest BCUT2D eigenvalue weighted by Gasteiger charge is 2.05. The number of furan rings is 1. The summed E-state index contributed by atoms with van der Waals surface area (Å²) >= 11 is 0. The standard InChI is InChI=1S/C11H12O5/c1-3-11(13)16-7-10-4-9(6-15-10)5-14-8(2)12/h3-4,6H,1,5,7H2,2H3. The zero-order valence-electron chi connectivity index (χ0n) is 8.89. The van der Waals surface area contributed by atoms with Crippen molar-refractivity contribution in [3.8, 4) is 0 Å². The Morgan fingerprint density at radius 3 is 2.81 bits per heavy atom. The molecule has 0 amide bonds. The van der Waals surface area contributed by atoms with Crippen molar-refractivity contribution in [3.63, 3.8) is 0 Å². The summed E-state index contributed by atoms with van der Waals surface area (Å²) in [6.07, 6.45) is 2.52. The highest BCUT2D eigenvalue weighted by molar-refractivity contribution is 5.81. The molecule has 0 radical (unpaired) electrons. The molecule has 0 saturated carbocycles. The van der Waals surface area contributed by atoms with Crippen LogP contribution in [0.15, 0.2) is 29.4 Å². The summed E-state index contributed by atoms with van der Waals surface area (Å²) in [5.41, 5.74) is 0.708. The fourth-order valence-electron chi connectivity index (χ4n) is 0.964. The molecule has 5 nitrogen and oxygen atoms in total. The van der Waals surface area contributed by atoms with Gasteiger partial charge in [0.2, 0.25) is 0 Å². The van der Waals surface area contributed by atoms with Crippen LogP contribution >= 0.6 is 0 Å². The Morgan fingerprint density at radius 1 is 1.44 bits per heavy atom. The molecule has 1 heterocycles. The minimum absolute atomic E-state index is 0.0327. The molecular formula is C11H12O5. The first-order valence-electron chi connectivity index (χ1n) is 4.60. The van der Waals surface area contributed by atoms with Crippen LogP contribution in [0.2, 0.25) is 0 Å². The number of ether oxygens (including phenoxy) is 2. The van der Waals surface area contributed by atoms with Crippen LogP contribution in [0.4, 0.5) is 0 Å². The Morgan fingerprint density at radius 2 is 2.19 bits per heavy atom. The van der Waals surface area contributed by atoms with Crippen LogP contribution in [0, 0.1) is 0 Å². The Hall–Kier alpha value is -2.04. The molecule has 1 rings (SSSR count). The van der Waals surface area contributed by atoms with Crippen molar-refractivity contribution in [3.05, 3.63) is 36.3 Å². The third-order valence-electron chi connectivity index (χ3n) is 1.67. The Bertz CT molecular complexity index is 391. The molecular weight excluding hydrogens is 212 g/mol. The second-order valence-electron chi connectivity index (χ2n) is 3.01. The molecule has 0 aliphatic carbocycles. The number of esters is 2. The quantitative estimate of drug-likeness (QED) is 0.561. The van der Waals surface area contributed by atoms with Gasteiger partial charge in [0, 0.05) is 18.6 Å². The van der Waals surface area contributed by atoms with E-state index in [1.54, 1.807) is 6.07 Å². The first-order valence-corrected chi connectivity index (χ1v) is 4.60. The summed E-state index contributed by atoms with van der Waals surface area (Å²) in [5.74, 6) is -0.392. The van der Waals surface area contributed by atoms with E-state index in [1.807, 2.05) is 0 Å². The monoisotopic (exact) mass is 224 g/mol. The molecule has 0 aromatic carbocycles. The molecule has 1 aromatic heterocycles. The van der Waals surface area contributed by atoms with Crippen molar-refractivity contribution in [2.75, 3.05) is 0 Å². The lowest BCUT2D eigenvalue weighted by Crippen LogP contribution is -1.99. The van der Waals surface area contributed by atoms with E-state index in [0.717, 1.165) is 6.08 Å². The Kier molecular flexibility index (Phi) is 4.32.